The maximum Gasteiger partial charge on any atom is 0.253 e. The lowest BCUT2D eigenvalue weighted by atomic mass is 9.88. The normalized spacial score (nSPS) is 19.1. The van der Waals surface area contributed by atoms with E-state index in [0.717, 1.165) is 49.4 Å². The van der Waals surface area contributed by atoms with E-state index >= 15 is 0 Å². The van der Waals surface area contributed by atoms with Crippen LogP contribution in [0.1, 0.15) is 86.5 Å². The fraction of sp³-hybridized carbons (Fsp3) is 0.696. The van der Waals surface area contributed by atoms with Crippen molar-refractivity contribution in [2.45, 2.75) is 71.6 Å². The Morgan fingerprint density at radius 3 is 2.43 bits per heavy atom. The Hall–Kier alpha value is -1.91. The van der Waals surface area contributed by atoms with Gasteiger partial charge in [-0.1, -0.05) is 33.1 Å². The number of aromatic nitrogens is 1. The molecule has 2 heterocycles. The summed E-state index contributed by atoms with van der Waals surface area (Å²) in [5.74, 6) is 1.13. The molecule has 0 bridgehead atoms. The van der Waals surface area contributed by atoms with Crippen molar-refractivity contribution >= 4 is 11.8 Å². The summed E-state index contributed by atoms with van der Waals surface area (Å²) in [4.78, 5) is 31.9. The van der Waals surface area contributed by atoms with Gasteiger partial charge in [0.2, 0.25) is 5.91 Å². The van der Waals surface area contributed by atoms with Gasteiger partial charge < -0.3 is 10.2 Å². The minimum absolute atomic E-state index is 0.00811. The second-order valence-electron chi connectivity index (χ2n) is 8.85. The zero-order valence-electron chi connectivity index (χ0n) is 17.7. The van der Waals surface area contributed by atoms with Crippen molar-refractivity contribution in [2.24, 2.45) is 11.8 Å². The Morgan fingerprint density at radius 1 is 1.11 bits per heavy atom. The van der Waals surface area contributed by atoms with E-state index in [4.69, 9.17) is 4.98 Å². The summed E-state index contributed by atoms with van der Waals surface area (Å²) in [5.41, 5.74) is 2.58. The van der Waals surface area contributed by atoms with Crippen LogP contribution in [0.15, 0.2) is 12.1 Å². The largest absolute Gasteiger partial charge is 0.352 e. The third-order valence-electron chi connectivity index (χ3n) is 6.27. The number of rotatable bonds is 5. The second kappa shape index (κ2) is 9.53. The molecule has 1 aliphatic carbocycles. The summed E-state index contributed by atoms with van der Waals surface area (Å²) in [6, 6.07) is 3.86. The predicted octanol–water partition coefficient (Wildman–Crippen LogP) is 4.06. The lowest BCUT2D eigenvalue weighted by Gasteiger charge is -2.33. The molecule has 0 radical (unpaired) electrons. The van der Waals surface area contributed by atoms with Gasteiger partial charge in [0.1, 0.15) is 0 Å². The monoisotopic (exact) mass is 385 g/mol. The number of hydrogen-bond acceptors (Lipinski definition) is 3. The maximum atomic E-state index is 12.9. The molecule has 2 amide bonds. The van der Waals surface area contributed by atoms with Crippen molar-refractivity contribution in [3.8, 4) is 0 Å². The first-order chi connectivity index (χ1) is 13.5. The molecule has 0 spiro atoms. The predicted molar refractivity (Wildman–Crippen MR) is 111 cm³/mol. The summed E-state index contributed by atoms with van der Waals surface area (Å²) in [7, 11) is 0. The summed E-state index contributed by atoms with van der Waals surface area (Å²) in [6.45, 7) is 8.15. The van der Waals surface area contributed by atoms with E-state index in [1.807, 2.05) is 37.8 Å². The Labute approximate surface area is 169 Å². The van der Waals surface area contributed by atoms with E-state index in [9.17, 15) is 9.59 Å². The number of nitrogens with zero attached hydrogens (tertiary/aromatic N) is 2. The minimum atomic E-state index is 0.00811. The van der Waals surface area contributed by atoms with Crippen LogP contribution in [0.3, 0.4) is 0 Å². The van der Waals surface area contributed by atoms with Crippen molar-refractivity contribution in [1.29, 1.82) is 0 Å². The molecule has 1 saturated carbocycles. The number of carbonyl (C=O) groups excluding carboxylic acids is 2. The lowest BCUT2D eigenvalue weighted by molar-refractivity contribution is -0.135. The maximum absolute atomic E-state index is 12.9. The Morgan fingerprint density at radius 2 is 1.79 bits per heavy atom. The highest BCUT2D eigenvalue weighted by Crippen LogP contribution is 2.30. The van der Waals surface area contributed by atoms with Crippen LogP contribution in [0, 0.1) is 18.8 Å². The van der Waals surface area contributed by atoms with Crippen LogP contribution >= 0.6 is 0 Å². The number of carbonyl (C=O) groups is 2. The molecule has 0 unspecified atom stereocenters. The number of amides is 2. The third-order valence-corrected chi connectivity index (χ3v) is 6.27. The van der Waals surface area contributed by atoms with Crippen LogP contribution in [0.25, 0.3) is 0 Å². The van der Waals surface area contributed by atoms with E-state index in [2.05, 4.69) is 5.32 Å². The molecule has 2 fully saturated rings. The summed E-state index contributed by atoms with van der Waals surface area (Å²) in [5, 5.41) is 3.17. The number of pyridine rings is 1. The molecule has 1 N–H and O–H groups in total. The van der Waals surface area contributed by atoms with Crippen LogP contribution in [0.4, 0.5) is 0 Å². The summed E-state index contributed by atoms with van der Waals surface area (Å²) < 4.78 is 0. The minimum Gasteiger partial charge on any atom is -0.352 e. The molecule has 2 aliphatic rings. The fourth-order valence-electron chi connectivity index (χ4n) is 4.54. The van der Waals surface area contributed by atoms with Crippen molar-refractivity contribution in [1.82, 2.24) is 15.2 Å². The van der Waals surface area contributed by atoms with E-state index in [0.29, 0.717) is 5.92 Å². The van der Waals surface area contributed by atoms with Gasteiger partial charge >= 0.3 is 0 Å². The average molecular weight is 386 g/mol. The SMILES string of the molecule is Cc1ccc(C(=O)NCC2CCCCC2)c(C2CCN(C(=O)C(C)C)CC2)n1. The van der Waals surface area contributed by atoms with Gasteiger partial charge in [0.25, 0.3) is 5.91 Å². The van der Waals surface area contributed by atoms with Gasteiger partial charge in [0, 0.05) is 37.2 Å². The number of likely N-dealkylation sites (tertiary alicyclic amines) is 1. The molecule has 28 heavy (non-hydrogen) atoms. The molecule has 1 aromatic rings. The first-order valence-corrected chi connectivity index (χ1v) is 11.0. The topological polar surface area (TPSA) is 62.3 Å². The number of aryl methyl sites for hydroxylation is 1. The summed E-state index contributed by atoms with van der Waals surface area (Å²) in [6.07, 6.45) is 8.09. The molecule has 1 saturated heterocycles. The molecular formula is C23H35N3O2. The van der Waals surface area contributed by atoms with Gasteiger partial charge in [-0.15, -0.1) is 0 Å². The smallest absolute Gasteiger partial charge is 0.253 e. The van der Waals surface area contributed by atoms with Crippen LogP contribution in [0.5, 0.6) is 0 Å². The molecular weight excluding hydrogens is 350 g/mol. The van der Waals surface area contributed by atoms with Crippen LogP contribution in [-0.4, -0.2) is 41.3 Å². The van der Waals surface area contributed by atoms with Gasteiger partial charge in [0.05, 0.1) is 11.3 Å². The molecule has 5 heteroatoms. The quantitative estimate of drug-likeness (QED) is 0.831. The lowest BCUT2D eigenvalue weighted by Crippen LogP contribution is -2.40. The molecule has 3 rings (SSSR count). The fourth-order valence-corrected chi connectivity index (χ4v) is 4.54. The third kappa shape index (κ3) is 5.12. The Balaban J connectivity index is 1.65. The van der Waals surface area contributed by atoms with Crippen LogP contribution in [-0.2, 0) is 4.79 Å². The Kier molecular flexibility index (Phi) is 7.08. The first-order valence-electron chi connectivity index (χ1n) is 11.0. The number of piperidine rings is 1. The second-order valence-corrected chi connectivity index (χ2v) is 8.85. The van der Waals surface area contributed by atoms with Gasteiger partial charge in [0.15, 0.2) is 0 Å². The zero-order valence-corrected chi connectivity index (χ0v) is 17.7. The standard InChI is InChI=1S/C23H35N3O2/c1-16(2)23(28)26-13-11-19(12-14-26)21-20(10-9-17(3)25-21)22(27)24-15-18-7-5-4-6-8-18/h9-10,16,18-19H,4-8,11-15H2,1-3H3,(H,24,27). The van der Waals surface area contributed by atoms with E-state index in [-0.39, 0.29) is 23.7 Å². The number of nitrogens with one attached hydrogen (secondary N) is 1. The van der Waals surface area contributed by atoms with Gasteiger partial charge in [-0.05, 0) is 50.7 Å². The van der Waals surface area contributed by atoms with Crippen LogP contribution < -0.4 is 5.32 Å². The van der Waals surface area contributed by atoms with Crippen molar-refractivity contribution in [3.05, 3.63) is 29.1 Å². The Bertz CT molecular complexity index is 687. The average Bonchev–Trinajstić information content (AvgIpc) is 2.72. The van der Waals surface area contributed by atoms with E-state index < -0.39 is 0 Å². The summed E-state index contributed by atoms with van der Waals surface area (Å²) >= 11 is 0. The molecule has 1 aliphatic heterocycles. The van der Waals surface area contributed by atoms with Crippen molar-refractivity contribution < 1.29 is 9.59 Å². The van der Waals surface area contributed by atoms with Gasteiger partial charge in [-0.25, -0.2) is 0 Å². The highest BCUT2D eigenvalue weighted by molar-refractivity contribution is 5.95. The molecule has 0 atom stereocenters. The van der Waals surface area contributed by atoms with Crippen LogP contribution in [0.2, 0.25) is 0 Å². The molecule has 0 aromatic carbocycles. The zero-order chi connectivity index (χ0) is 20.1. The first kappa shape index (κ1) is 20.8. The molecule has 5 nitrogen and oxygen atoms in total. The number of hydrogen-bond donors (Lipinski definition) is 1. The van der Waals surface area contributed by atoms with E-state index in [1.165, 1.54) is 32.1 Å². The van der Waals surface area contributed by atoms with Gasteiger partial charge in [-0.2, -0.15) is 0 Å². The van der Waals surface area contributed by atoms with Crippen molar-refractivity contribution in [3.63, 3.8) is 0 Å². The van der Waals surface area contributed by atoms with Crippen molar-refractivity contribution in [2.75, 3.05) is 19.6 Å². The highest BCUT2D eigenvalue weighted by Gasteiger charge is 2.28. The van der Waals surface area contributed by atoms with E-state index in [1.54, 1.807) is 0 Å². The molecule has 154 valence electrons. The van der Waals surface area contributed by atoms with Gasteiger partial charge in [-0.3, -0.25) is 14.6 Å². The highest BCUT2D eigenvalue weighted by atomic mass is 16.2. The molecule has 1 aromatic heterocycles.